The van der Waals surface area contributed by atoms with Crippen LogP contribution in [0.5, 0.6) is 5.75 Å². The third-order valence-electron chi connectivity index (χ3n) is 4.32. The fourth-order valence-electron chi connectivity index (χ4n) is 2.92. The van der Waals surface area contributed by atoms with Crippen molar-refractivity contribution in [3.63, 3.8) is 0 Å². The monoisotopic (exact) mass is 432 g/mol. The van der Waals surface area contributed by atoms with Crippen LogP contribution < -0.4 is 14.9 Å². The molecule has 0 saturated carbocycles. The second-order valence-corrected chi connectivity index (χ2v) is 7.19. The zero-order valence-corrected chi connectivity index (χ0v) is 16.4. The standard InChI is InChI=1S/C20H15F3N4O2S/c1-24-19-27(25-9-12-3-2-4-14(7-12)20(21,22)23)16(11-30-19)13-5-6-17-15(8-13)26-18(28)10-29-17/h2-9,11H,10H2,1H3,(H,26,28)/b24-19?,25-9-. The van der Waals surface area contributed by atoms with Crippen molar-refractivity contribution >= 4 is 29.1 Å². The number of nitrogens with zero attached hydrogens (tertiary/aromatic N) is 3. The molecule has 0 unspecified atom stereocenters. The van der Waals surface area contributed by atoms with E-state index in [-0.39, 0.29) is 12.5 Å². The summed E-state index contributed by atoms with van der Waals surface area (Å²) >= 11 is 1.34. The van der Waals surface area contributed by atoms with E-state index in [1.54, 1.807) is 25.2 Å². The largest absolute Gasteiger partial charge is 0.482 e. The van der Waals surface area contributed by atoms with Crippen LogP contribution in [-0.2, 0) is 11.0 Å². The number of rotatable bonds is 3. The number of carbonyl (C=O) groups excluding carboxylic acids is 1. The Morgan fingerprint density at radius 1 is 1.23 bits per heavy atom. The van der Waals surface area contributed by atoms with Crippen molar-refractivity contribution in [2.75, 3.05) is 19.0 Å². The molecule has 1 amide bonds. The predicted octanol–water partition coefficient (Wildman–Crippen LogP) is 3.98. The number of hydrogen-bond acceptors (Lipinski definition) is 5. The van der Waals surface area contributed by atoms with Gasteiger partial charge in [0.25, 0.3) is 5.91 Å². The molecule has 0 atom stereocenters. The number of nitrogens with one attached hydrogen (secondary N) is 1. The van der Waals surface area contributed by atoms with Gasteiger partial charge in [0.2, 0.25) is 4.80 Å². The Morgan fingerprint density at radius 3 is 2.83 bits per heavy atom. The molecule has 1 aliphatic rings. The maximum Gasteiger partial charge on any atom is 0.416 e. The van der Waals surface area contributed by atoms with Crippen LogP contribution in [-0.4, -0.2) is 30.5 Å². The molecule has 1 aliphatic heterocycles. The lowest BCUT2D eigenvalue weighted by Crippen LogP contribution is -2.25. The molecule has 0 fully saturated rings. The fraction of sp³-hybridized carbons (Fsp3) is 0.150. The minimum Gasteiger partial charge on any atom is -0.482 e. The van der Waals surface area contributed by atoms with Gasteiger partial charge in [0.15, 0.2) is 6.61 Å². The van der Waals surface area contributed by atoms with Gasteiger partial charge >= 0.3 is 6.18 Å². The van der Waals surface area contributed by atoms with Gasteiger partial charge in [0.1, 0.15) is 5.75 Å². The summed E-state index contributed by atoms with van der Waals surface area (Å²) in [6, 6.07) is 10.2. The fourth-order valence-corrected chi connectivity index (χ4v) is 3.73. The summed E-state index contributed by atoms with van der Waals surface area (Å²) < 4.78 is 45.8. The van der Waals surface area contributed by atoms with Crippen LogP contribution in [0.25, 0.3) is 11.3 Å². The van der Waals surface area contributed by atoms with Crippen molar-refractivity contribution in [1.82, 2.24) is 4.68 Å². The highest BCUT2D eigenvalue weighted by atomic mass is 32.1. The number of carbonyl (C=O) groups is 1. The van der Waals surface area contributed by atoms with Crippen molar-refractivity contribution in [1.29, 1.82) is 0 Å². The highest BCUT2D eigenvalue weighted by molar-refractivity contribution is 7.07. The first kappa shape index (κ1) is 19.9. The summed E-state index contributed by atoms with van der Waals surface area (Å²) in [6.07, 6.45) is -3.08. The van der Waals surface area contributed by atoms with Crippen LogP contribution in [0.1, 0.15) is 11.1 Å². The van der Waals surface area contributed by atoms with E-state index in [2.05, 4.69) is 15.4 Å². The molecule has 2 heterocycles. The van der Waals surface area contributed by atoms with E-state index >= 15 is 0 Å². The molecule has 0 spiro atoms. The maximum atomic E-state index is 12.9. The first-order valence-corrected chi connectivity index (χ1v) is 9.65. The van der Waals surface area contributed by atoms with Crippen molar-refractivity contribution in [2.24, 2.45) is 10.1 Å². The topological polar surface area (TPSA) is 68.0 Å². The number of amides is 1. The highest BCUT2D eigenvalue weighted by Gasteiger charge is 2.30. The molecule has 0 aliphatic carbocycles. The molecular formula is C20H15F3N4O2S. The number of ether oxygens (including phenoxy) is 1. The first-order chi connectivity index (χ1) is 14.3. The summed E-state index contributed by atoms with van der Waals surface area (Å²) in [5, 5.41) is 8.94. The number of halogens is 3. The lowest BCUT2D eigenvalue weighted by molar-refractivity contribution is -0.137. The number of hydrogen-bond donors (Lipinski definition) is 1. The zero-order chi connectivity index (χ0) is 21.3. The van der Waals surface area contributed by atoms with E-state index in [1.807, 2.05) is 11.4 Å². The minimum absolute atomic E-state index is 0.0368. The quantitative estimate of drug-likeness (QED) is 0.637. The molecular weight excluding hydrogens is 417 g/mol. The van der Waals surface area contributed by atoms with Crippen LogP contribution in [0.2, 0.25) is 0 Å². The van der Waals surface area contributed by atoms with E-state index in [0.717, 1.165) is 17.7 Å². The van der Waals surface area contributed by atoms with E-state index in [9.17, 15) is 18.0 Å². The Bertz CT molecular complexity index is 1210. The molecule has 10 heteroatoms. The maximum absolute atomic E-state index is 12.9. The number of thiazole rings is 1. The van der Waals surface area contributed by atoms with Crippen LogP contribution >= 0.6 is 11.3 Å². The van der Waals surface area contributed by atoms with Gasteiger partial charge in [-0.15, -0.1) is 11.3 Å². The van der Waals surface area contributed by atoms with Gasteiger partial charge in [-0.25, -0.2) is 4.68 Å². The molecule has 4 rings (SSSR count). The Labute approximate surface area is 173 Å². The van der Waals surface area contributed by atoms with Gasteiger partial charge in [0, 0.05) is 18.0 Å². The number of aromatic nitrogens is 1. The molecule has 6 nitrogen and oxygen atoms in total. The molecule has 0 bridgehead atoms. The van der Waals surface area contributed by atoms with Gasteiger partial charge in [0.05, 0.1) is 23.2 Å². The number of fused-ring (bicyclic) bond motifs is 1. The molecule has 154 valence electrons. The Hall–Kier alpha value is -3.40. The molecule has 30 heavy (non-hydrogen) atoms. The van der Waals surface area contributed by atoms with Crippen LogP contribution in [0.4, 0.5) is 18.9 Å². The SMILES string of the molecule is CN=c1scc(-c2ccc3c(c2)NC(=O)CO3)n1/N=C\c1cccc(C(F)(F)F)c1. The lowest BCUT2D eigenvalue weighted by Gasteiger charge is -2.18. The average Bonchev–Trinajstić information content (AvgIpc) is 3.14. The van der Waals surface area contributed by atoms with Crippen molar-refractivity contribution in [3.05, 3.63) is 63.8 Å². The van der Waals surface area contributed by atoms with E-state index in [0.29, 0.717) is 27.5 Å². The molecule has 3 aromatic rings. The zero-order valence-electron chi connectivity index (χ0n) is 15.6. The van der Waals surface area contributed by atoms with Crippen molar-refractivity contribution in [2.45, 2.75) is 6.18 Å². The number of benzene rings is 2. The summed E-state index contributed by atoms with van der Waals surface area (Å²) in [5.74, 6) is 0.317. The van der Waals surface area contributed by atoms with E-state index in [1.165, 1.54) is 28.3 Å². The van der Waals surface area contributed by atoms with Gasteiger partial charge in [-0.2, -0.15) is 18.3 Å². The number of anilines is 1. The third kappa shape index (κ3) is 3.99. The Balaban J connectivity index is 1.73. The molecule has 2 aromatic carbocycles. The first-order valence-electron chi connectivity index (χ1n) is 8.77. The average molecular weight is 432 g/mol. The predicted molar refractivity (Wildman–Crippen MR) is 108 cm³/mol. The van der Waals surface area contributed by atoms with Crippen LogP contribution in [0.15, 0.2) is 57.9 Å². The Kier molecular flexibility index (Phi) is 5.17. The third-order valence-corrected chi connectivity index (χ3v) is 5.23. The summed E-state index contributed by atoms with van der Waals surface area (Å²) in [5.41, 5.74) is 1.52. The van der Waals surface area contributed by atoms with Gasteiger partial charge < -0.3 is 10.1 Å². The summed E-state index contributed by atoms with van der Waals surface area (Å²) in [7, 11) is 1.60. The van der Waals surface area contributed by atoms with Gasteiger partial charge in [-0.3, -0.25) is 9.79 Å². The smallest absolute Gasteiger partial charge is 0.416 e. The van der Waals surface area contributed by atoms with Crippen molar-refractivity contribution in [3.8, 4) is 17.0 Å². The molecule has 1 N–H and O–H groups in total. The Morgan fingerprint density at radius 2 is 2.07 bits per heavy atom. The molecule has 0 radical (unpaired) electrons. The van der Waals surface area contributed by atoms with Crippen LogP contribution in [0, 0.1) is 0 Å². The van der Waals surface area contributed by atoms with Crippen LogP contribution in [0.3, 0.4) is 0 Å². The second kappa shape index (κ2) is 7.79. The minimum atomic E-state index is -4.43. The second-order valence-electron chi connectivity index (χ2n) is 6.35. The normalized spacial score (nSPS) is 14.5. The summed E-state index contributed by atoms with van der Waals surface area (Å²) in [4.78, 5) is 16.3. The van der Waals surface area contributed by atoms with E-state index < -0.39 is 11.7 Å². The van der Waals surface area contributed by atoms with Gasteiger partial charge in [-0.05, 0) is 35.9 Å². The highest BCUT2D eigenvalue weighted by Crippen LogP contribution is 2.33. The number of alkyl halides is 3. The molecule has 1 aromatic heterocycles. The summed E-state index contributed by atoms with van der Waals surface area (Å²) in [6.45, 7) is -0.0368. The van der Waals surface area contributed by atoms with Gasteiger partial charge in [-0.1, -0.05) is 12.1 Å². The van der Waals surface area contributed by atoms with E-state index in [4.69, 9.17) is 4.74 Å². The molecule has 0 saturated heterocycles. The lowest BCUT2D eigenvalue weighted by atomic mass is 10.1. The van der Waals surface area contributed by atoms with Crippen molar-refractivity contribution < 1.29 is 22.7 Å².